The standard InChI is InChI=1S/C16H17N3O4S.C15H16N2O6S2/c1-8-7-24-15-11(14(21)19(15)12(8)16(22)23)18-13(20)10(17)9-5-3-2-4-6-9;1-15(2)9(14(22)23)17-11(19)8(12(17)25-15)16-10(18)7(13(20)21)6-3-4-24-5-6/h2-6,10-11,15H,7,17H2,1H3,(H,18,20)(H,22,23);3-5,7-9,12H,1-2H3,(H,16,18)(H,20,21)(H,22,23)/t10-,11-,15-;7-,8-,9+,12-/m11/s1. The first-order valence-corrected chi connectivity index (χ1v) is 17.7. The number of nitrogens with one attached hydrogen (secondary N) is 2. The Labute approximate surface area is 292 Å². The maximum absolute atomic E-state index is 12.4. The van der Waals surface area contributed by atoms with Gasteiger partial charge in [-0.05, 0) is 54.3 Å². The second-order valence-electron chi connectivity index (χ2n) is 12.1. The van der Waals surface area contributed by atoms with Crippen LogP contribution in [0.25, 0.3) is 0 Å². The molecule has 5 heterocycles. The van der Waals surface area contributed by atoms with E-state index in [1.165, 1.54) is 44.7 Å². The summed E-state index contributed by atoms with van der Waals surface area (Å²) < 4.78 is -0.703. The fraction of sp³-hybridized carbons (Fsp3) is 0.387. The second-order valence-corrected chi connectivity index (χ2v) is 15.8. The molecule has 0 bridgehead atoms. The van der Waals surface area contributed by atoms with Gasteiger partial charge in [0.25, 0.3) is 5.91 Å². The molecule has 6 rings (SSSR count). The minimum absolute atomic E-state index is 0.0154. The highest BCUT2D eigenvalue weighted by molar-refractivity contribution is 8.01. The first-order chi connectivity index (χ1) is 23.1. The van der Waals surface area contributed by atoms with Crippen molar-refractivity contribution in [2.24, 2.45) is 5.73 Å². The predicted molar refractivity (Wildman–Crippen MR) is 179 cm³/mol. The fourth-order valence-corrected chi connectivity index (χ4v) is 9.66. The lowest BCUT2D eigenvalue weighted by molar-refractivity contribution is -0.161. The molecule has 3 fully saturated rings. The summed E-state index contributed by atoms with van der Waals surface area (Å²) in [6, 6.07) is 6.89. The van der Waals surface area contributed by atoms with Crippen molar-refractivity contribution in [1.29, 1.82) is 0 Å². The number of amides is 4. The molecule has 7 N–H and O–H groups in total. The third kappa shape index (κ3) is 6.64. The molecular formula is C31H33N5O10S3. The normalized spacial score (nSPS) is 26.1. The highest BCUT2D eigenvalue weighted by Gasteiger charge is 2.64. The Balaban J connectivity index is 0.000000191. The Kier molecular flexibility index (Phi) is 10.1. The van der Waals surface area contributed by atoms with E-state index in [9.17, 15) is 48.9 Å². The van der Waals surface area contributed by atoms with Crippen LogP contribution >= 0.6 is 34.9 Å². The lowest BCUT2D eigenvalue weighted by Crippen LogP contribution is -2.71. The number of hydrogen-bond acceptors (Lipinski definition) is 11. The highest BCUT2D eigenvalue weighted by Crippen LogP contribution is 2.51. The van der Waals surface area contributed by atoms with Gasteiger partial charge in [-0.1, -0.05) is 30.3 Å². The van der Waals surface area contributed by atoms with Crippen LogP contribution in [0.5, 0.6) is 0 Å². The Morgan fingerprint density at radius 1 is 0.918 bits per heavy atom. The van der Waals surface area contributed by atoms with Crippen LogP contribution in [0.4, 0.5) is 0 Å². The van der Waals surface area contributed by atoms with Crippen molar-refractivity contribution < 1.29 is 48.9 Å². The minimum atomic E-state index is -1.40. The van der Waals surface area contributed by atoms with Gasteiger partial charge in [-0.15, -0.1) is 23.5 Å². The average Bonchev–Trinajstić information content (AvgIpc) is 3.66. The number of aliphatic carboxylic acids is 3. The number of fused-ring (bicyclic) bond motifs is 2. The van der Waals surface area contributed by atoms with E-state index in [4.69, 9.17) is 5.73 Å². The molecular weight excluding hydrogens is 699 g/mol. The number of benzene rings is 1. The number of carbonyl (C=O) groups excluding carboxylic acids is 4. The Morgan fingerprint density at radius 2 is 1.55 bits per heavy atom. The number of β-lactam (4-membered cyclic amide) rings is 2. The lowest BCUT2D eigenvalue weighted by atomic mass is 9.95. The average molecular weight is 732 g/mol. The molecule has 0 radical (unpaired) electrons. The summed E-state index contributed by atoms with van der Waals surface area (Å²) in [6.07, 6.45) is 0. The Bertz CT molecular complexity index is 1730. The van der Waals surface area contributed by atoms with Gasteiger partial charge < -0.3 is 36.6 Å². The topological polar surface area (TPSA) is 237 Å². The maximum atomic E-state index is 12.4. The van der Waals surface area contributed by atoms with E-state index in [1.807, 2.05) is 6.07 Å². The summed E-state index contributed by atoms with van der Waals surface area (Å²) in [5.74, 6) is -6.57. The monoisotopic (exact) mass is 731 g/mol. The van der Waals surface area contributed by atoms with Crippen molar-refractivity contribution in [1.82, 2.24) is 20.4 Å². The van der Waals surface area contributed by atoms with Gasteiger partial charge >= 0.3 is 17.9 Å². The largest absolute Gasteiger partial charge is 0.480 e. The number of hydrogen-bond donors (Lipinski definition) is 6. The van der Waals surface area contributed by atoms with Crippen molar-refractivity contribution in [2.45, 2.75) is 66.4 Å². The third-order valence-corrected chi connectivity index (χ3v) is 12.2. The number of thiophene rings is 1. The molecule has 7 atom stereocenters. The lowest BCUT2D eigenvalue weighted by Gasteiger charge is -2.49. The van der Waals surface area contributed by atoms with Crippen LogP contribution in [0.15, 0.2) is 58.4 Å². The molecule has 1 aromatic heterocycles. The van der Waals surface area contributed by atoms with Crippen LogP contribution in [-0.4, -0.2) is 106 Å². The molecule has 2 aromatic rings. The van der Waals surface area contributed by atoms with Crippen LogP contribution < -0.4 is 16.4 Å². The number of rotatable bonds is 9. The van der Waals surface area contributed by atoms with Gasteiger partial charge in [0.2, 0.25) is 17.7 Å². The van der Waals surface area contributed by atoms with Crippen molar-refractivity contribution in [3.63, 3.8) is 0 Å². The minimum Gasteiger partial charge on any atom is -0.480 e. The third-order valence-electron chi connectivity index (χ3n) is 8.46. The molecule has 0 saturated carbocycles. The van der Waals surface area contributed by atoms with Gasteiger partial charge in [-0.2, -0.15) is 11.3 Å². The quantitative estimate of drug-likeness (QED) is 0.156. The van der Waals surface area contributed by atoms with Gasteiger partial charge in [-0.3, -0.25) is 28.9 Å². The van der Waals surface area contributed by atoms with Gasteiger partial charge in [0, 0.05) is 10.5 Å². The molecule has 0 aliphatic carbocycles. The highest BCUT2D eigenvalue weighted by atomic mass is 32.2. The fourth-order valence-electron chi connectivity index (χ4n) is 6.06. The molecule has 49 heavy (non-hydrogen) atoms. The van der Waals surface area contributed by atoms with Gasteiger partial charge in [0.15, 0.2) is 5.92 Å². The Morgan fingerprint density at radius 3 is 2.12 bits per heavy atom. The number of nitrogens with zero attached hydrogens (tertiary/aromatic N) is 2. The first kappa shape index (κ1) is 35.9. The molecule has 4 aliphatic heterocycles. The number of carboxylic acid groups (broad SMARTS) is 3. The van der Waals surface area contributed by atoms with Crippen LogP contribution in [0.3, 0.4) is 0 Å². The molecule has 15 nitrogen and oxygen atoms in total. The molecule has 3 saturated heterocycles. The van der Waals surface area contributed by atoms with Crippen molar-refractivity contribution in [3.05, 3.63) is 69.6 Å². The summed E-state index contributed by atoms with van der Waals surface area (Å²) in [5.41, 5.74) is 7.58. The number of carboxylic acids is 3. The summed E-state index contributed by atoms with van der Waals surface area (Å²) >= 11 is 3.99. The maximum Gasteiger partial charge on any atom is 0.352 e. The van der Waals surface area contributed by atoms with Gasteiger partial charge in [0.05, 0.1) is 0 Å². The Hall–Kier alpha value is -4.39. The van der Waals surface area contributed by atoms with E-state index in [0.29, 0.717) is 22.5 Å². The van der Waals surface area contributed by atoms with Crippen LogP contribution in [-0.2, 0) is 33.6 Å². The zero-order valence-electron chi connectivity index (χ0n) is 26.3. The van der Waals surface area contributed by atoms with E-state index < -0.39 is 87.1 Å². The molecule has 0 spiro atoms. The molecule has 4 amide bonds. The van der Waals surface area contributed by atoms with E-state index in [1.54, 1.807) is 61.9 Å². The second kappa shape index (κ2) is 13.9. The van der Waals surface area contributed by atoms with Crippen LogP contribution in [0.2, 0.25) is 0 Å². The number of carbonyl (C=O) groups is 7. The van der Waals surface area contributed by atoms with E-state index in [2.05, 4.69) is 10.6 Å². The number of nitrogens with two attached hydrogens (primary N) is 1. The summed E-state index contributed by atoms with van der Waals surface area (Å²) in [6.45, 7) is 5.15. The summed E-state index contributed by atoms with van der Waals surface area (Å²) in [4.78, 5) is 86.1. The molecule has 18 heteroatoms. The molecule has 260 valence electrons. The number of thioether (sulfide) groups is 2. The predicted octanol–water partition coefficient (Wildman–Crippen LogP) is 0.993. The smallest absolute Gasteiger partial charge is 0.352 e. The molecule has 1 aromatic carbocycles. The van der Waals surface area contributed by atoms with E-state index in [-0.39, 0.29) is 5.70 Å². The molecule has 4 aliphatic rings. The van der Waals surface area contributed by atoms with Crippen molar-refractivity contribution >= 4 is 76.4 Å². The van der Waals surface area contributed by atoms with Crippen LogP contribution in [0.1, 0.15) is 43.9 Å². The van der Waals surface area contributed by atoms with Gasteiger partial charge in [0.1, 0.15) is 40.6 Å². The van der Waals surface area contributed by atoms with E-state index >= 15 is 0 Å². The zero-order valence-corrected chi connectivity index (χ0v) is 28.7. The SMILES string of the molecule is CC1(C)S[C@@H]2[C@H](NC(=O)[C@H](C(=O)O)c3ccsc3)C(=O)N2[C@H]1C(=O)O.CC1=C(C(=O)O)N2C(=O)[C@@H](NC(=O)[C@H](N)c3ccccc3)[C@H]2SC1. The van der Waals surface area contributed by atoms with Crippen molar-refractivity contribution in [3.8, 4) is 0 Å². The zero-order chi connectivity index (χ0) is 35.9. The summed E-state index contributed by atoms with van der Waals surface area (Å²) in [7, 11) is 0. The molecule has 0 unspecified atom stereocenters. The van der Waals surface area contributed by atoms with Crippen LogP contribution in [0, 0.1) is 0 Å². The first-order valence-electron chi connectivity index (χ1n) is 14.8. The van der Waals surface area contributed by atoms with Gasteiger partial charge in [-0.25, -0.2) is 9.59 Å². The van der Waals surface area contributed by atoms with E-state index in [0.717, 1.165) is 0 Å². The summed E-state index contributed by atoms with van der Waals surface area (Å²) in [5, 5.41) is 35.4. The van der Waals surface area contributed by atoms with Crippen molar-refractivity contribution in [2.75, 3.05) is 5.75 Å².